The van der Waals surface area contributed by atoms with Crippen LogP contribution in [0.5, 0.6) is 5.75 Å². The molecule has 0 atom stereocenters. The van der Waals surface area contributed by atoms with E-state index in [1.807, 2.05) is 0 Å². The third-order valence-electron chi connectivity index (χ3n) is 6.12. The van der Waals surface area contributed by atoms with Crippen LogP contribution in [0.4, 0.5) is 11.4 Å². The normalized spacial score (nSPS) is 19.6. The van der Waals surface area contributed by atoms with E-state index >= 15 is 0 Å². The zero-order valence-corrected chi connectivity index (χ0v) is 18.1. The van der Waals surface area contributed by atoms with E-state index in [0.717, 1.165) is 57.8 Å². The molecule has 30 heavy (non-hydrogen) atoms. The maximum absolute atomic E-state index is 11.5. The minimum absolute atomic E-state index is 0.0903. The molecule has 0 spiro atoms. The Labute approximate surface area is 177 Å². The molecule has 9 nitrogen and oxygen atoms in total. The number of piperazine rings is 1. The number of benzene rings is 1. The lowest BCUT2D eigenvalue weighted by Crippen LogP contribution is -2.52. The van der Waals surface area contributed by atoms with E-state index in [9.17, 15) is 10.1 Å². The predicted molar refractivity (Wildman–Crippen MR) is 120 cm³/mol. The number of anilines is 1. The Hall–Kier alpha value is -2.65. The van der Waals surface area contributed by atoms with Crippen molar-refractivity contribution in [3.05, 3.63) is 34.0 Å². The van der Waals surface area contributed by atoms with E-state index in [1.54, 1.807) is 19.3 Å². The Morgan fingerprint density at radius 1 is 1.23 bits per heavy atom. The molecule has 2 fully saturated rings. The minimum Gasteiger partial charge on any atom is -0.490 e. The largest absolute Gasteiger partial charge is 0.490 e. The molecule has 0 saturated carbocycles. The Morgan fingerprint density at radius 2 is 1.90 bits per heavy atom. The number of hydrogen-bond acceptors (Lipinski definition) is 8. The Bertz CT molecular complexity index is 796. The van der Waals surface area contributed by atoms with Gasteiger partial charge in [-0.2, -0.15) is 0 Å². The summed E-state index contributed by atoms with van der Waals surface area (Å²) in [7, 11) is 5.37. The zero-order chi connectivity index (χ0) is 21.7. The van der Waals surface area contributed by atoms with Crippen LogP contribution in [0.3, 0.4) is 0 Å². The standard InChI is InChI=1S/C21H32N6O3/c1-23-15-16(14-22)18-12-20(27(28)29)21(30-3)13-19(18)26-6-4-17(5-7-26)25-10-8-24(2)9-11-25/h12-15,17,22-23H,4-11H2,1-3H3/b16-15+,22-14?. The number of likely N-dealkylation sites (N-methyl/N-ethyl adjacent to an activating group) is 1. The number of ether oxygens (including phenoxy) is 1. The zero-order valence-electron chi connectivity index (χ0n) is 18.1. The molecule has 1 aromatic carbocycles. The van der Waals surface area contributed by atoms with E-state index in [4.69, 9.17) is 10.1 Å². The fourth-order valence-corrected chi connectivity index (χ4v) is 4.37. The highest BCUT2D eigenvalue weighted by Crippen LogP contribution is 2.39. The second-order valence-electron chi connectivity index (χ2n) is 7.89. The van der Waals surface area contributed by atoms with Crippen molar-refractivity contribution in [1.82, 2.24) is 15.1 Å². The maximum atomic E-state index is 11.5. The van der Waals surface area contributed by atoms with Crippen molar-refractivity contribution in [1.29, 1.82) is 5.41 Å². The van der Waals surface area contributed by atoms with Gasteiger partial charge in [-0.05, 0) is 19.9 Å². The molecule has 2 N–H and O–H groups in total. The molecule has 0 aliphatic carbocycles. The first-order valence-corrected chi connectivity index (χ1v) is 10.4. The van der Waals surface area contributed by atoms with Crippen LogP contribution in [0.2, 0.25) is 0 Å². The first kappa shape index (κ1) is 22.0. The van der Waals surface area contributed by atoms with Gasteiger partial charge in [0.1, 0.15) is 0 Å². The average molecular weight is 417 g/mol. The van der Waals surface area contributed by atoms with Crippen molar-refractivity contribution in [3.8, 4) is 5.75 Å². The molecule has 164 valence electrons. The molecule has 0 unspecified atom stereocenters. The lowest BCUT2D eigenvalue weighted by atomic mass is 9.98. The first-order chi connectivity index (χ1) is 14.5. The molecule has 2 aliphatic heterocycles. The summed E-state index contributed by atoms with van der Waals surface area (Å²) in [5.41, 5.74) is 2.05. The smallest absolute Gasteiger partial charge is 0.311 e. The summed E-state index contributed by atoms with van der Waals surface area (Å²) >= 11 is 0. The van der Waals surface area contributed by atoms with Crippen LogP contribution < -0.4 is 15.0 Å². The van der Waals surface area contributed by atoms with Gasteiger partial charge in [0.2, 0.25) is 0 Å². The summed E-state index contributed by atoms with van der Waals surface area (Å²) < 4.78 is 5.32. The van der Waals surface area contributed by atoms with Crippen molar-refractivity contribution in [3.63, 3.8) is 0 Å². The number of nitro benzene ring substituents is 1. The molecule has 0 aromatic heterocycles. The van der Waals surface area contributed by atoms with Gasteiger partial charge in [-0.15, -0.1) is 0 Å². The van der Waals surface area contributed by atoms with Crippen LogP contribution >= 0.6 is 0 Å². The number of nitrogens with one attached hydrogen (secondary N) is 2. The van der Waals surface area contributed by atoms with Crippen LogP contribution in [-0.4, -0.2) is 87.5 Å². The van der Waals surface area contributed by atoms with Crippen molar-refractivity contribution >= 4 is 23.2 Å². The van der Waals surface area contributed by atoms with Gasteiger partial charge in [0.15, 0.2) is 5.75 Å². The number of nitro groups is 1. The lowest BCUT2D eigenvalue weighted by molar-refractivity contribution is -0.385. The Morgan fingerprint density at radius 3 is 2.43 bits per heavy atom. The Balaban J connectivity index is 1.86. The molecule has 2 saturated heterocycles. The number of rotatable bonds is 7. The number of methoxy groups -OCH3 is 1. The minimum atomic E-state index is -0.438. The van der Waals surface area contributed by atoms with Crippen LogP contribution in [0.1, 0.15) is 18.4 Å². The van der Waals surface area contributed by atoms with E-state index in [1.165, 1.54) is 19.4 Å². The van der Waals surface area contributed by atoms with E-state index in [0.29, 0.717) is 17.2 Å². The predicted octanol–water partition coefficient (Wildman–Crippen LogP) is 2.03. The van der Waals surface area contributed by atoms with Gasteiger partial charge in [0.25, 0.3) is 0 Å². The van der Waals surface area contributed by atoms with Crippen molar-refractivity contribution in [2.75, 3.05) is 65.4 Å². The van der Waals surface area contributed by atoms with Gasteiger partial charge >= 0.3 is 5.69 Å². The highest BCUT2D eigenvalue weighted by atomic mass is 16.6. The summed E-state index contributed by atoms with van der Waals surface area (Å²) in [6, 6.07) is 3.85. The first-order valence-electron chi connectivity index (χ1n) is 10.4. The van der Waals surface area contributed by atoms with Gasteiger partial charge in [0.05, 0.1) is 12.0 Å². The fourth-order valence-electron chi connectivity index (χ4n) is 4.37. The summed E-state index contributed by atoms with van der Waals surface area (Å²) in [5.74, 6) is 0.244. The number of nitrogens with zero attached hydrogens (tertiary/aromatic N) is 4. The monoisotopic (exact) mass is 416 g/mol. The van der Waals surface area contributed by atoms with Gasteiger partial charge in [0, 0.05) is 93.7 Å². The second-order valence-corrected chi connectivity index (χ2v) is 7.89. The van der Waals surface area contributed by atoms with Crippen molar-refractivity contribution in [2.45, 2.75) is 18.9 Å². The summed E-state index contributed by atoms with van der Waals surface area (Å²) in [5, 5.41) is 22.3. The molecule has 1 aromatic rings. The second kappa shape index (κ2) is 9.90. The van der Waals surface area contributed by atoms with Gasteiger partial charge < -0.3 is 25.3 Å². The summed E-state index contributed by atoms with van der Waals surface area (Å²) in [6.45, 7) is 6.19. The number of hydrogen-bond donors (Lipinski definition) is 2. The lowest BCUT2D eigenvalue weighted by Gasteiger charge is -2.43. The highest BCUT2D eigenvalue weighted by molar-refractivity contribution is 6.11. The van der Waals surface area contributed by atoms with Gasteiger partial charge in [-0.1, -0.05) is 0 Å². The molecule has 2 aliphatic rings. The van der Waals surface area contributed by atoms with Crippen LogP contribution in [-0.2, 0) is 0 Å². The fraction of sp³-hybridized carbons (Fsp3) is 0.571. The number of piperidine rings is 1. The number of allylic oxidation sites excluding steroid dienone is 1. The topological polar surface area (TPSA) is 98.0 Å². The maximum Gasteiger partial charge on any atom is 0.311 e. The molecule has 3 rings (SSSR count). The molecule has 9 heteroatoms. The van der Waals surface area contributed by atoms with E-state index in [-0.39, 0.29) is 11.4 Å². The van der Waals surface area contributed by atoms with Crippen molar-refractivity contribution < 1.29 is 9.66 Å². The molecular formula is C21H32N6O3. The van der Waals surface area contributed by atoms with Crippen LogP contribution in [0.15, 0.2) is 18.3 Å². The van der Waals surface area contributed by atoms with E-state index in [2.05, 4.69) is 27.1 Å². The quantitative estimate of drug-likeness (QED) is 0.399. The van der Waals surface area contributed by atoms with Crippen molar-refractivity contribution in [2.24, 2.45) is 0 Å². The molecule has 2 heterocycles. The SMILES string of the molecule is CN/C=C(\C=N)c1cc([N+](=O)[O-])c(OC)cc1N1CCC(N2CCN(C)CC2)CC1. The molecule has 0 amide bonds. The van der Waals surface area contributed by atoms with Crippen LogP contribution in [0.25, 0.3) is 5.57 Å². The summed E-state index contributed by atoms with van der Waals surface area (Å²) in [6.07, 6.45) is 5.03. The molecule has 0 bridgehead atoms. The van der Waals surface area contributed by atoms with E-state index < -0.39 is 4.92 Å². The third-order valence-corrected chi connectivity index (χ3v) is 6.12. The third kappa shape index (κ3) is 4.73. The average Bonchev–Trinajstić information content (AvgIpc) is 2.77. The summed E-state index contributed by atoms with van der Waals surface area (Å²) in [4.78, 5) is 18.3. The van der Waals surface area contributed by atoms with Gasteiger partial charge in [-0.3, -0.25) is 15.0 Å². The highest BCUT2D eigenvalue weighted by Gasteiger charge is 2.29. The van der Waals surface area contributed by atoms with Gasteiger partial charge in [-0.25, -0.2) is 0 Å². The van der Waals surface area contributed by atoms with Crippen LogP contribution in [0, 0.1) is 15.5 Å². The Kier molecular flexibility index (Phi) is 7.28. The molecular weight excluding hydrogens is 384 g/mol. The molecule has 0 radical (unpaired) electrons.